The van der Waals surface area contributed by atoms with Crippen molar-refractivity contribution in [1.82, 2.24) is 0 Å². The predicted molar refractivity (Wildman–Crippen MR) is 91.1 cm³/mol. The van der Waals surface area contributed by atoms with Crippen LogP contribution in [0.5, 0.6) is 0 Å². The average Bonchev–Trinajstić information content (AvgIpc) is 2.44. The topological polar surface area (TPSA) is 12.0 Å². The molecule has 1 unspecified atom stereocenters. The summed E-state index contributed by atoms with van der Waals surface area (Å²) in [5.74, 6) is 0.352. The Balaban J connectivity index is 2.29. The molecule has 1 nitrogen and oxygen atoms in total. The molecule has 0 saturated heterocycles. The zero-order chi connectivity index (χ0) is 15.4. The monoisotopic (exact) mass is 349 g/mol. The van der Waals surface area contributed by atoms with Crippen LogP contribution in [0.25, 0.3) is 0 Å². The molecule has 0 amide bonds. The third kappa shape index (κ3) is 4.31. The number of rotatable bonds is 5. The molecule has 112 valence electrons. The molecular formula is C18H21BrFN. The van der Waals surface area contributed by atoms with E-state index in [0.29, 0.717) is 10.4 Å². The SMILES string of the molecule is Cc1cc(F)c(Br)cc1NC(CC(C)C)c1ccccc1. The summed E-state index contributed by atoms with van der Waals surface area (Å²) in [6, 6.07) is 14.0. The minimum atomic E-state index is -0.224. The van der Waals surface area contributed by atoms with Crippen LogP contribution >= 0.6 is 15.9 Å². The van der Waals surface area contributed by atoms with Gasteiger partial charge < -0.3 is 5.32 Å². The molecule has 0 heterocycles. The Morgan fingerprint density at radius 2 is 1.81 bits per heavy atom. The van der Waals surface area contributed by atoms with Gasteiger partial charge in [-0.3, -0.25) is 0 Å². The fraction of sp³-hybridized carbons (Fsp3) is 0.333. The molecule has 21 heavy (non-hydrogen) atoms. The largest absolute Gasteiger partial charge is 0.378 e. The normalized spacial score (nSPS) is 12.5. The maximum Gasteiger partial charge on any atom is 0.137 e. The van der Waals surface area contributed by atoms with Crippen molar-refractivity contribution in [1.29, 1.82) is 0 Å². The maximum atomic E-state index is 13.6. The molecule has 1 atom stereocenters. The second kappa shape index (κ2) is 7.08. The lowest BCUT2D eigenvalue weighted by Gasteiger charge is -2.23. The third-order valence-corrected chi connectivity index (χ3v) is 4.11. The Kier molecular flexibility index (Phi) is 5.40. The fourth-order valence-corrected chi connectivity index (χ4v) is 2.77. The highest BCUT2D eigenvalue weighted by molar-refractivity contribution is 9.10. The molecule has 0 saturated carbocycles. The lowest BCUT2D eigenvalue weighted by atomic mass is 9.96. The second-order valence-electron chi connectivity index (χ2n) is 5.82. The molecule has 0 aliphatic rings. The molecule has 0 fully saturated rings. The smallest absolute Gasteiger partial charge is 0.137 e. The number of benzene rings is 2. The molecule has 0 radical (unpaired) electrons. The first-order valence-corrected chi connectivity index (χ1v) is 8.03. The zero-order valence-electron chi connectivity index (χ0n) is 12.7. The van der Waals surface area contributed by atoms with E-state index in [2.05, 4.69) is 59.4 Å². The summed E-state index contributed by atoms with van der Waals surface area (Å²) < 4.78 is 14.0. The molecular weight excluding hydrogens is 329 g/mol. The van der Waals surface area contributed by atoms with Crippen LogP contribution in [-0.2, 0) is 0 Å². The van der Waals surface area contributed by atoms with E-state index < -0.39 is 0 Å². The lowest BCUT2D eigenvalue weighted by molar-refractivity contribution is 0.530. The fourth-order valence-electron chi connectivity index (χ4n) is 2.42. The quantitative estimate of drug-likeness (QED) is 0.687. The molecule has 2 aromatic carbocycles. The van der Waals surface area contributed by atoms with Crippen LogP contribution in [0.4, 0.5) is 10.1 Å². The predicted octanol–water partition coefficient (Wildman–Crippen LogP) is 6.10. The molecule has 2 aromatic rings. The minimum absolute atomic E-state index is 0.224. The van der Waals surface area contributed by atoms with Gasteiger partial charge in [0, 0.05) is 5.69 Å². The summed E-state index contributed by atoms with van der Waals surface area (Å²) in [5, 5.41) is 3.57. The van der Waals surface area contributed by atoms with Crippen LogP contribution in [0.15, 0.2) is 46.9 Å². The van der Waals surface area contributed by atoms with Crippen molar-refractivity contribution in [3.05, 3.63) is 63.9 Å². The molecule has 0 aliphatic carbocycles. The van der Waals surface area contributed by atoms with Gasteiger partial charge in [0.05, 0.1) is 10.5 Å². The Hall–Kier alpha value is -1.35. The zero-order valence-corrected chi connectivity index (χ0v) is 14.2. The van der Waals surface area contributed by atoms with Gasteiger partial charge in [-0.25, -0.2) is 4.39 Å². The van der Waals surface area contributed by atoms with E-state index in [1.807, 2.05) is 19.1 Å². The maximum absolute atomic E-state index is 13.6. The molecule has 0 aromatic heterocycles. The van der Waals surface area contributed by atoms with Gasteiger partial charge >= 0.3 is 0 Å². The van der Waals surface area contributed by atoms with Crippen LogP contribution in [0.2, 0.25) is 0 Å². The van der Waals surface area contributed by atoms with E-state index >= 15 is 0 Å². The summed E-state index contributed by atoms with van der Waals surface area (Å²) in [5.41, 5.74) is 3.14. The molecule has 3 heteroatoms. The summed E-state index contributed by atoms with van der Waals surface area (Å²) in [4.78, 5) is 0. The van der Waals surface area contributed by atoms with Crippen molar-refractivity contribution >= 4 is 21.6 Å². The van der Waals surface area contributed by atoms with Crippen molar-refractivity contribution < 1.29 is 4.39 Å². The van der Waals surface area contributed by atoms with Gasteiger partial charge in [0.2, 0.25) is 0 Å². The first-order valence-electron chi connectivity index (χ1n) is 7.24. The Morgan fingerprint density at radius 3 is 2.43 bits per heavy atom. The van der Waals surface area contributed by atoms with Crippen molar-refractivity contribution in [2.75, 3.05) is 5.32 Å². The summed E-state index contributed by atoms with van der Waals surface area (Å²) in [7, 11) is 0. The number of hydrogen-bond acceptors (Lipinski definition) is 1. The highest BCUT2D eigenvalue weighted by atomic mass is 79.9. The second-order valence-corrected chi connectivity index (χ2v) is 6.67. The van der Waals surface area contributed by atoms with Gasteiger partial charge in [0.1, 0.15) is 5.82 Å². The number of nitrogens with one attached hydrogen (secondary N) is 1. The van der Waals surface area contributed by atoms with Crippen LogP contribution < -0.4 is 5.32 Å². The van der Waals surface area contributed by atoms with Gasteiger partial charge in [-0.15, -0.1) is 0 Å². The number of anilines is 1. The summed E-state index contributed by atoms with van der Waals surface area (Å²) in [6.07, 6.45) is 1.03. The molecule has 1 N–H and O–H groups in total. The minimum Gasteiger partial charge on any atom is -0.378 e. The van der Waals surface area contributed by atoms with Crippen LogP contribution in [-0.4, -0.2) is 0 Å². The van der Waals surface area contributed by atoms with Gasteiger partial charge in [-0.2, -0.15) is 0 Å². The first kappa shape index (κ1) is 16.0. The molecule has 0 spiro atoms. The third-order valence-electron chi connectivity index (χ3n) is 3.51. The van der Waals surface area contributed by atoms with Crippen LogP contribution in [0.3, 0.4) is 0 Å². The van der Waals surface area contributed by atoms with Gasteiger partial charge in [0.25, 0.3) is 0 Å². The van der Waals surface area contributed by atoms with Crippen molar-refractivity contribution in [3.63, 3.8) is 0 Å². The van der Waals surface area contributed by atoms with Crippen molar-refractivity contribution in [2.24, 2.45) is 5.92 Å². The Morgan fingerprint density at radius 1 is 1.14 bits per heavy atom. The van der Waals surface area contributed by atoms with E-state index in [0.717, 1.165) is 17.7 Å². The highest BCUT2D eigenvalue weighted by Gasteiger charge is 2.15. The summed E-state index contributed by atoms with van der Waals surface area (Å²) in [6.45, 7) is 6.35. The van der Waals surface area contributed by atoms with Crippen molar-refractivity contribution in [2.45, 2.75) is 33.2 Å². The first-order chi connectivity index (χ1) is 9.97. The average molecular weight is 350 g/mol. The molecule has 2 rings (SSSR count). The number of aryl methyl sites for hydroxylation is 1. The Bertz CT molecular complexity index is 596. The van der Waals surface area contributed by atoms with Gasteiger partial charge in [-0.1, -0.05) is 44.2 Å². The van der Waals surface area contributed by atoms with Crippen LogP contribution in [0, 0.1) is 18.7 Å². The van der Waals surface area contributed by atoms with E-state index in [9.17, 15) is 4.39 Å². The molecule has 0 aliphatic heterocycles. The highest BCUT2D eigenvalue weighted by Crippen LogP contribution is 2.30. The van der Waals surface area contributed by atoms with Crippen LogP contribution in [0.1, 0.15) is 37.4 Å². The lowest BCUT2D eigenvalue weighted by Crippen LogP contribution is -2.14. The van der Waals surface area contributed by atoms with Crippen molar-refractivity contribution in [3.8, 4) is 0 Å². The van der Waals surface area contributed by atoms with E-state index in [1.54, 1.807) is 6.07 Å². The summed E-state index contributed by atoms with van der Waals surface area (Å²) >= 11 is 3.26. The Labute approximate surface area is 134 Å². The number of halogens is 2. The van der Waals surface area contributed by atoms with Gasteiger partial charge in [-0.05, 0) is 58.5 Å². The number of hydrogen-bond donors (Lipinski definition) is 1. The standard InChI is InChI=1S/C18H21BrFN/c1-12(2)9-18(14-7-5-4-6-8-14)21-17-11-15(19)16(20)10-13(17)3/h4-8,10-12,18,21H,9H2,1-3H3. The molecule has 0 bridgehead atoms. The van der Waals surface area contributed by atoms with Gasteiger partial charge in [0.15, 0.2) is 0 Å². The van der Waals surface area contributed by atoms with E-state index in [4.69, 9.17) is 0 Å². The van der Waals surface area contributed by atoms with E-state index in [-0.39, 0.29) is 11.9 Å². The van der Waals surface area contributed by atoms with E-state index in [1.165, 1.54) is 5.56 Å².